The fourth-order valence-electron chi connectivity index (χ4n) is 3.77. The van der Waals surface area contributed by atoms with Gasteiger partial charge in [0, 0.05) is 0 Å². The zero-order valence-corrected chi connectivity index (χ0v) is 19.0. The maximum Gasteiger partial charge on any atom is -0.0351 e. The standard InChI is InChI=1S/C27H52/c1-3-5-7-9-11-13-15-17-19-21-23-25-27-26-24-22-20-18-16-14-12-10-8-6-4-2/h3,18,20H,1,4-17,19,21-27H2,2H3/b20-18-. The zero-order chi connectivity index (χ0) is 19.7. The first-order chi connectivity index (χ1) is 13.4. The van der Waals surface area contributed by atoms with E-state index in [1.165, 1.54) is 141 Å². The average Bonchev–Trinajstić information content (AvgIpc) is 2.68. The van der Waals surface area contributed by atoms with E-state index >= 15 is 0 Å². The van der Waals surface area contributed by atoms with Gasteiger partial charge in [-0.05, 0) is 38.5 Å². The molecule has 0 aliphatic heterocycles. The van der Waals surface area contributed by atoms with Gasteiger partial charge in [-0.3, -0.25) is 0 Å². The predicted octanol–water partition coefficient (Wildman–Crippen LogP) is 10.3. The van der Waals surface area contributed by atoms with Crippen LogP contribution < -0.4 is 0 Å². The van der Waals surface area contributed by atoms with Crippen LogP contribution in [0.25, 0.3) is 0 Å². The molecule has 160 valence electrons. The number of hydrogen-bond donors (Lipinski definition) is 0. The zero-order valence-electron chi connectivity index (χ0n) is 19.0. The molecule has 0 unspecified atom stereocenters. The highest BCUT2D eigenvalue weighted by Crippen LogP contribution is 2.14. The SMILES string of the molecule is C=CCCCCCCCCCCCCCCC/C=C\CCCCCCCC. The molecule has 0 fully saturated rings. The fraction of sp³-hybridized carbons (Fsp3) is 0.852. The van der Waals surface area contributed by atoms with Gasteiger partial charge in [0.05, 0.1) is 0 Å². The molecule has 0 saturated heterocycles. The van der Waals surface area contributed by atoms with Gasteiger partial charge in [-0.15, -0.1) is 6.58 Å². The molecule has 0 aliphatic carbocycles. The molecule has 0 atom stereocenters. The summed E-state index contributed by atoms with van der Waals surface area (Å²) in [5.41, 5.74) is 0. The van der Waals surface area contributed by atoms with Crippen molar-refractivity contribution in [3.8, 4) is 0 Å². The Morgan fingerprint density at radius 1 is 0.407 bits per heavy atom. The van der Waals surface area contributed by atoms with Gasteiger partial charge in [0.25, 0.3) is 0 Å². The molecule has 0 amide bonds. The van der Waals surface area contributed by atoms with E-state index < -0.39 is 0 Å². The van der Waals surface area contributed by atoms with E-state index in [1.807, 2.05) is 6.08 Å². The molecule has 0 heteroatoms. The van der Waals surface area contributed by atoms with Crippen LogP contribution in [0.3, 0.4) is 0 Å². The molecule has 0 heterocycles. The van der Waals surface area contributed by atoms with Crippen molar-refractivity contribution in [3.63, 3.8) is 0 Å². The molecule has 0 aromatic carbocycles. The van der Waals surface area contributed by atoms with Crippen LogP contribution in [-0.2, 0) is 0 Å². The van der Waals surface area contributed by atoms with Crippen molar-refractivity contribution in [2.75, 3.05) is 0 Å². The summed E-state index contributed by atoms with van der Waals surface area (Å²) in [6.45, 7) is 6.07. The van der Waals surface area contributed by atoms with E-state index in [1.54, 1.807) is 0 Å². The second-order valence-corrected chi connectivity index (χ2v) is 8.49. The summed E-state index contributed by atoms with van der Waals surface area (Å²) in [4.78, 5) is 0. The molecule has 0 rings (SSSR count). The van der Waals surface area contributed by atoms with Gasteiger partial charge in [-0.2, -0.15) is 0 Å². The minimum Gasteiger partial charge on any atom is -0.103 e. The summed E-state index contributed by atoms with van der Waals surface area (Å²) in [7, 11) is 0. The molecule has 27 heavy (non-hydrogen) atoms. The molecule has 0 radical (unpaired) electrons. The molecule has 0 nitrogen and oxygen atoms in total. The Morgan fingerprint density at radius 2 is 0.704 bits per heavy atom. The van der Waals surface area contributed by atoms with E-state index in [-0.39, 0.29) is 0 Å². The number of hydrogen-bond acceptors (Lipinski definition) is 0. The Morgan fingerprint density at radius 3 is 1.04 bits per heavy atom. The van der Waals surface area contributed by atoms with Crippen LogP contribution in [0.5, 0.6) is 0 Å². The normalized spacial score (nSPS) is 11.4. The summed E-state index contributed by atoms with van der Waals surface area (Å²) >= 11 is 0. The van der Waals surface area contributed by atoms with E-state index in [9.17, 15) is 0 Å². The summed E-state index contributed by atoms with van der Waals surface area (Å²) in [5, 5.41) is 0. The summed E-state index contributed by atoms with van der Waals surface area (Å²) in [5.74, 6) is 0. The highest BCUT2D eigenvalue weighted by Gasteiger charge is 1.94. The minimum atomic E-state index is 1.20. The van der Waals surface area contributed by atoms with Crippen molar-refractivity contribution < 1.29 is 0 Å². The Kier molecular flexibility index (Phi) is 25.0. The van der Waals surface area contributed by atoms with Crippen LogP contribution in [0.4, 0.5) is 0 Å². The Hall–Kier alpha value is -0.520. The lowest BCUT2D eigenvalue weighted by Crippen LogP contribution is -1.83. The van der Waals surface area contributed by atoms with Crippen LogP contribution >= 0.6 is 0 Å². The second kappa shape index (κ2) is 25.5. The van der Waals surface area contributed by atoms with E-state index in [4.69, 9.17) is 0 Å². The topological polar surface area (TPSA) is 0 Å². The van der Waals surface area contributed by atoms with Crippen LogP contribution in [0, 0.1) is 0 Å². The van der Waals surface area contributed by atoms with Crippen LogP contribution in [-0.4, -0.2) is 0 Å². The summed E-state index contributed by atoms with van der Waals surface area (Å²) in [6, 6.07) is 0. The van der Waals surface area contributed by atoms with E-state index in [0.717, 1.165) is 0 Å². The first-order valence-electron chi connectivity index (χ1n) is 12.7. The van der Waals surface area contributed by atoms with Crippen LogP contribution in [0.2, 0.25) is 0 Å². The average molecular weight is 377 g/mol. The lowest BCUT2D eigenvalue weighted by Gasteiger charge is -2.03. The molecular weight excluding hydrogens is 324 g/mol. The molecule has 0 spiro atoms. The minimum absolute atomic E-state index is 1.20. The molecule has 0 N–H and O–H groups in total. The highest BCUT2D eigenvalue weighted by molar-refractivity contribution is 4.81. The first kappa shape index (κ1) is 26.5. The molecule has 0 bridgehead atoms. The van der Waals surface area contributed by atoms with Crippen LogP contribution in [0.1, 0.15) is 148 Å². The van der Waals surface area contributed by atoms with Crippen molar-refractivity contribution in [1.29, 1.82) is 0 Å². The second-order valence-electron chi connectivity index (χ2n) is 8.49. The monoisotopic (exact) mass is 376 g/mol. The fourth-order valence-corrected chi connectivity index (χ4v) is 3.77. The van der Waals surface area contributed by atoms with Gasteiger partial charge in [-0.25, -0.2) is 0 Å². The Balaban J connectivity index is 3.04. The van der Waals surface area contributed by atoms with E-state index in [2.05, 4.69) is 25.7 Å². The van der Waals surface area contributed by atoms with Gasteiger partial charge in [-0.1, -0.05) is 128 Å². The van der Waals surface area contributed by atoms with Crippen molar-refractivity contribution >= 4 is 0 Å². The van der Waals surface area contributed by atoms with Crippen molar-refractivity contribution in [2.24, 2.45) is 0 Å². The van der Waals surface area contributed by atoms with Crippen LogP contribution in [0.15, 0.2) is 24.8 Å². The Bertz CT molecular complexity index is 288. The van der Waals surface area contributed by atoms with Gasteiger partial charge in [0.1, 0.15) is 0 Å². The third-order valence-electron chi connectivity index (χ3n) is 5.67. The Labute approximate surface area is 173 Å². The molecule has 0 aliphatic rings. The van der Waals surface area contributed by atoms with Gasteiger partial charge >= 0.3 is 0 Å². The highest BCUT2D eigenvalue weighted by atomic mass is 14.0. The van der Waals surface area contributed by atoms with Crippen molar-refractivity contribution in [1.82, 2.24) is 0 Å². The lowest BCUT2D eigenvalue weighted by atomic mass is 10.0. The number of unbranched alkanes of at least 4 members (excludes halogenated alkanes) is 20. The van der Waals surface area contributed by atoms with Gasteiger partial charge in [0.2, 0.25) is 0 Å². The lowest BCUT2D eigenvalue weighted by molar-refractivity contribution is 0.538. The number of allylic oxidation sites excluding steroid dienone is 3. The molecular formula is C27H52. The molecule has 0 saturated carbocycles. The largest absolute Gasteiger partial charge is 0.103 e. The molecule has 0 aromatic heterocycles. The third-order valence-corrected chi connectivity index (χ3v) is 5.67. The maximum absolute atomic E-state index is 3.78. The van der Waals surface area contributed by atoms with Crippen molar-refractivity contribution in [2.45, 2.75) is 148 Å². The maximum atomic E-state index is 3.78. The van der Waals surface area contributed by atoms with Gasteiger partial charge < -0.3 is 0 Å². The quantitative estimate of drug-likeness (QED) is 0.123. The third kappa shape index (κ3) is 25.5. The van der Waals surface area contributed by atoms with Gasteiger partial charge in [0.15, 0.2) is 0 Å². The molecule has 0 aromatic rings. The van der Waals surface area contributed by atoms with E-state index in [0.29, 0.717) is 0 Å². The smallest absolute Gasteiger partial charge is 0.0351 e. The van der Waals surface area contributed by atoms with Crippen molar-refractivity contribution in [3.05, 3.63) is 24.8 Å². The predicted molar refractivity (Wildman–Crippen MR) is 127 cm³/mol. The summed E-state index contributed by atoms with van der Waals surface area (Å²) in [6.07, 6.45) is 37.9. The number of rotatable bonds is 23. The first-order valence-corrected chi connectivity index (χ1v) is 12.7. The summed E-state index contributed by atoms with van der Waals surface area (Å²) < 4.78 is 0.